The van der Waals surface area contributed by atoms with Crippen molar-refractivity contribution in [3.8, 4) is 0 Å². The lowest BCUT2D eigenvalue weighted by atomic mass is 10.0. The summed E-state index contributed by atoms with van der Waals surface area (Å²) in [6.45, 7) is 3.28. The van der Waals surface area contributed by atoms with E-state index in [1.807, 2.05) is 17.7 Å². The van der Waals surface area contributed by atoms with Crippen molar-refractivity contribution in [1.29, 1.82) is 0 Å². The van der Waals surface area contributed by atoms with Crippen molar-refractivity contribution in [3.05, 3.63) is 41.7 Å². The molecule has 21 heavy (non-hydrogen) atoms. The van der Waals surface area contributed by atoms with E-state index in [9.17, 15) is 9.18 Å². The summed E-state index contributed by atoms with van der Waals surface area (Å²) in [4.78, 5) is 15.7. The maximum absolute atomic E-state index is 14.1. The van der Waals surface area contributed by atoms with Crippen LogP contribution in [0.1, 0.15) is 24.7 Å². The molecule has 0 bridgehead atoms. The number of halogens is 1. The van der Waals surface area contributed by atoms with Crippen LogP contribution in [-0.4, -0.2) is 15.5 Å². The summed E-state index contributed by atoms with van der Waals surface area (Å²) in [5.41, 5.74) is 1.91. The molecule has 5 nitrogen and oxygen atoms in total. The van der Waals surface area contributed by atoms with Crippen molar-refractivity contribution in [2.24, 2.45) is 0 Å². The molecule has 0 aliphatic carbocycles. The van der Waals surface area contributed by atoms with Crippen molar-refractivity contribution < 1.29 is 9.18 Å². The molecule has 1 aliphatic heterocycles. The van der Waals surface area contributed by atoms with Crippen LogP contribution in [0.3, 0.4) is 0 Å². The predicted molar refractivity (Wildman–Crippen MR) is 78.6 cm³/mol. The van der Waals surface area contributed by atoms with Gasteiger partial charge >= 0.3 is 0 Å². The van der Waals surface area contributed by atoms with Gasteiger partial charge in [-0.25, -0.2) is 9.37 Å². The highest BCUT2D eigenvalue weighted by molar-refractivity contribution is 5.94. The average Bonchev–Trinajstić information content (AvgIpc) is 2.93. The minimum absolute atomic E-state index is 0.0263. The molecule has 3 rings (SSSR count). The first-order valence-corrected chi connectivity index (χ1v) is 7.03. The van der Waals surface area contributed by atoms with E-state index in [0.717, 1.165) is 17.9 Å². The normalized spacial score (nSPS) is 13.7. The Bertz CT molecular complexity index is 680. The first-order valence-electron chi connectivity index (χ1n) is 7.03. The van der Waals surface area contributed by atoms with E-state index in [4.69, 9.17) is 0 Å². The van der Waals surface area contributed by atoms with Gasteiger partial charge in [-0.3, -0.25) is 4.79 Å². The third-order valence-electron chi connectivity index (χ3n) is 3.67. The number of imidazole rings is 1. The minimum atomic E-state index is -0.306. The Morgan fingerprint density at radius 2 is 2.29 bits per heavy atom. The van der Waals surface area contributed by atoms with Gasteiger partial charge in [-0.2, -0.15) is 0 Å². The first kappa shape index (κ1) is 13.6. The van der Waals surface area contributed by atoms with Crippen LogP contribution in [0.15, 0.2) is 24.5 Å². The van der Waals surface area contributed by atoms with E-state index in [2.05, 4.69) is 15.6 Å². The third-order valence-corrected chi connectivity index (χ3v) is 3.67. The highest BCUT2D eigenvalue weighted by Gasteiger charge is 2.17. The van der Waals surface area contributed by atoms with Crippen molar-refractivity contribution in [1.82, 2.24) is 9.55 Å². The second-order valence-electron chi connectivity index (χ2n) is 5.02. The van der Waals surface area contributed by atoms with Gasteiger partial charge in [0.15, 0.2) is 0 Å². The maximum Gasteiger partial charge on any atom is 0.224 e. The number of anilines is 2. The van der Waals surface area contributed by atoms with Gasteiger partial charge < -0.3 is 15.2 Å². The van der Waals surface area contributed by atoms with Gasteiger partial charge in [-0.15, -0.1) is 0 Å². The zero-order chi connectivity index (χ0) is 14.8. The smallest absolute Gasteiger partial charge is 0.224 e. The standard InChI is InChI=1S/C15H17FN4O/c1-2-20-6-5-17-14(20)9-18-13-8-12-10(7-11(13)16)3-4-15(21)19-12/h5-8,18H,2-4,9H2,1H3,(H,19,21). The van der Waals surface area contributed by atoms with E-state index in [-0.39, 0.29) is 11.7 Å². The number of fused-ring (bicyclic) bond motifs is 1. The van der Waals surface area contributed by atoms with Crippen LogP contribution < -0.4 is 10.6 Å². The highest BCUT2D eigenvalue weighted by Crippen LogP contribution is 2.28. The molecule has 6 heteroatoms. The zero-order valence-electron chi connectivity index (χ0n) is 11.8. The lowest BCUT2D eigenvalue weighted by Crippen LogP contribution is -2.19. The number of carbonyl (C=O) groups excluding carboxylic acids is 1. The number of benzene rings is 1. The van der Waals surface area contributed by atoms with Crippen molar-refractivity contribution in [3.63, 3.8) is 0 Å². The molecule has 0 fully saturated rings. The number of aryl methyl sites for hydroxylation is 2. The van der Waals surface area contributed by atoms with Gasteiger partial charge in [0.05, 0.1) is 12.2 Å². The lowest BCUT2D eigenvalue weighted by Gasteiger charge is -2.19. The number of nitrogens with zero attached hydrogens (tertiary/aromatic N) is 2. The van der Waals surface area contributed by atoms with Crippen LogP contribution in [0, 0.1) is 5.82 Å². The van der Waals surface area contributed by atoms with Crippen LogP contribution >= 0.6 is 0 Å². The maximum atomic E-state index is 14.1. The van der Waals surface area contributed by atoms with Crippen LogP contribution in [0.25, 0.3) is 0 Å². The zero-order valence-corrected chi connectivity index (χ0v) is 11.8. The number of nitrogens with one attached hydrogen (secondary N) is 2. The quantitative estimate of drug-likeness (QED) is 0.909. The minimum Gasteiger partial charge on any atom is -0.375 e. The second kappa shape index (κ2) is 5.55. The van der Waals surface area contributed by atoms with Gasteiger partial charge in [-0.05, 0) is 31.0 Å². The Kier molecular flexibility index (Phi) is 3.60. The van der Waals surface area contributed by atoms with Gasteiger partial charge in [-0.1, -0.05) is 0 Å². The second-order valence-corrected chi connectivity index (χ2v) is 5.02. The number of carbonyl (C=O) groups is 1. The molecule has 2 heterocycles. The van der Waals surface area contributed by atoms with Gasteiger partial charge in [0.25, 0.3) is 0 Å². The molecule has 0 atom stereocenters. The summed E-state index contributed by atoms with van der Waals surface area (Å²) in [6, 6.07) is 3.14. The molecular formula is C15H17FN4O. The Hall–Kier alpha value is -2.37. The molecule has 1 aromatic carbocycles. The van der Waals surface area contributed by atoms with E-state index < -0.39 is 0 Å². The topological polar surface area (TPSA) is 59.0 Å². The summed E-state index contributed by atoms with van der Waals surface area (Å²) >= 11 is 0. The molecule has 110 valence electrons. The van der Waals surface area contributed by atoms with Crippen molar-refractivity contribution >= 4 is 17.3 Å². The molecule has 1 aliphatic rings. The van der Waals surface area contributed by atoms with Crippen LogP contribution in [0.4, 0.5) is 15.8 Å². The molecule has 0 saturated carbocycles. The average molecular weight is 288 g/mol. The lowest BCUT2D eigenvalue weighted by molar-refractivity contribution is -0.116. The highest BCUT2D eigenvalue weighted by atomic mass is 19.1. The van der Waals surface area contributed by atoms with Crippen molar-refractivity contribution in [2.45, 2.75) is 32.9 Å². The van der Waals surface area contributed by atoms with Crippen LogP contribution in [0.2, 0.25) is 0 Å². The molecule has 1 aromatic heterocycles. The van der Waals surface area contributed by atoms with E-state index >= 15 is 0 Å². The molecular weight excluding hydrogens is 271 g/mol. The SMILES string of the molecule is CCn1ccnc1CNc1cc2c(cc1F)CCC(=O)N2. The van der Waals surface area contributed by atoms with E-state index in [1.165, 1.54) is 6.07 Å². The number of hydrogen-bond donors (Lipinski definition) is 2. The fraction of sp³-hybridized carbons (Fsp3) is 0.333. The van der Waals surface area contributed by atoms with E-state index in [1.54, 1.807) is 12.3 Å². The van der Waals surface area contributed by atoms with Gasteiger partial charge in [0.1, 0.15) is 11.6 Å². The molecule has 2 N–H and O–H groups in total. The number of hydrogen-bond acceptors (Lipinski definition) is 3. The number of amides is 1. The summed E-state index contributed by atoms with van der Waals surface area (Å²) in [5, 5.41) is 5.82. The summed E-state index contributed by atoms with van der Waals surface area (Å²) in [5.74, 6) is 0.514. The predicted octanol–water partition coefficient (Wildman–Crippen LogP) is 2.54. The molecule has 0 saturated heterocycles. The summed E-state index contributed by atoms with van der Waals surface area (Å²) in [7, 11) is 0. The van der Waals surface area contributed by atoms with Crippen LogP contribution in [-0.2, 0) is 24.3 Å². The van der Waals surface area contributed by atoms with Crippen LogP contribution in [0.5, 0.6) is 0 Å². The van der Waals surface area contributed by atoms with E-state index in [0.29, 0.717) is 30.8 Å². The van der Waals surface area contributed by atoms with Gasteiger partial charge in [0, 0.05) is 31.0 Å². The molecule has 1 amide bonds. The monoisotopic (exact) mass is 288 g/mol. The number of aromatic nitrogens is 2. The molecule has 0 radical (unpaired) electrons. The molecule has 0 unspecified atom stereocenters. The Morgan fingerprint density at radius 3 is 3.10 bits per heavy atom. The Balaban J connectivity index is 1.79. The Morgan fingerprint density at radius 1 is 1.43 bits per heavy atom. The largest absolute Gasteiger partial charge is 0.375 e. The van der Waals surface area contributed by atoms with Gasteiger partial charge in [0.2, 0.25) is 5.91 Å². The fourth-order valence-electron chi connectivity index (χ4n) is 2.50. The summed E-state index contributed by atoms with van der Waals surface area (Å²) < 4.78 is 16.1. The summed E-state index contributed by atoms with van der Waals surface area (Å²) in [6.07, 6.45) is 4.61. The molecule has 2 aromatic rings. The first-order chi connectivity index (χ1) is 10.2. The van der Waals surface area contributed by atoms with Crippen molar-refractivity contribution in [2.75, 3.05) is 10.6 Å². The molecule has 0 spiro atoms. The number of rotatable bonds is 4. The third kappa shape index (κ3) is 2.74. The fourth-order valence-corrected chi connectivity index (χ4v) is 2.50. The Labute approximate surface area is 122 Å².